The lowest BCUT2D eigenvalue weighted by molar-refractivity contribution is -0.150. The highest BCUT2D eigenvalue weighted by molar-refractivity contribution is 6.28. The van der Waals surface area contributed by atoms with E-state index in [-0.39, 0.29) is 42.7 Å². The van der Waals surface area contributed by atoms with Gasteiger partial charge < -0.3 is 19.6 Å². The summed E-state index contributed by atoms with van der Waals surface area (Å²) in [6.45, 7) is 2.99. The molecule has 8 rings (SSSR count). The molecule has 228 valence electrons. The number of carbonyl (C=O) groups is 3. The molecule has 0 saturated carbocycles. The van der Waals surface area contributed by atoms with Crippen LogP contribution in [-0.4, -0.2) is 53.0 Å². The van der Waals surface area contributed by atoms with Crippen LogP contribution < -0.4 is 9.80 Å². The second-order valence-corrected chi connectivity index (χ2v) is 12.8. The maximum Gasteiger partial charge on any atom is 0.264 e. The molecule has 4 aliphatic heterocycles. The predicted octanol–water partition coefficient (Wildman–Crippen LogP) is 5.67. The van der Waals surface area contributed by atoms with Crippen molar-refractivity contribution in [3.63, 3.8) is 0 Å². The Morgan fingerprint density at radius 2 is 1.78 bits per heavy atom. The zero-order chi connectivity index (χ0) is 30.9. The van der Waals surface area contributed by atoms with Crippen LogP contribution in [0.4, 0.5) is 17.1 Å². The number of anilines is 3. The number of benzene rings is 4. The van der Waals surface area contributed by atoms with Crippen molar-refractivity contribution in [2.45, 2.75) is 56.9 Å². The minimum Gasteiger partial charge on any atom is -0.394 e. The van der Waals surface area contributed by atoms with Gasteiger partial charge in [0, 0.05) is 29.1 Å². The molecule has 0 bridgehead atoms. The van der Waals surface area contributed by atoms with E-state index < -0.39 is 11.7 Å². The summed E-state index contributed by atoms with van der Waals surface area (Å²) in [4.78, 5) is 47.1. The Morgan fingerprint density at radius 3 is 2.58 bits per heavy atom. The van der Waals surface area contributed by atoms with Crippen molar-refractivity contribution in [1.82, 2.24) is 4.90 Å². The number of ether oxygens (including phenoxy) is 1. The number of carbonyl (C=O) groups excluding carboxylic acids is 3. The van der Waals surface area contributed by atoms with Crippen molar-refractivity contribution in [3.05, 3.63) is 102 Å². The Hall–Kier alpha value is -4.53. The van der Waals surface area contributed by atoms with Crippen molar-refractivity contribution >= 4 is 45.6 Å². The third kappa shape index (κ3) is 4.16. The zero-order valence-electron chi connectivity index (χ0n) is 25.2. The lowest BCUT2D eigenvalue weighted by Crippen LogP contribution is -2.44. The number of fused-ring (bicyclic) bond motifs is 2. The maximum absolute atomic E-state index is 14.6. The summed E-state index contributed by atoms with van der Waals surface area (Å²) in [6.07, 6.45) is 1.93. The molecule has 1 spiro atoms. The summed E-state index contributed by atoms with van der Waals surface area (Å²) < 4.78 is 6.79. The maximum atomic E-state index is 14.6. The first-order chi connectivity index (χ1) is 21.9. The van der Waals surface area contributed by atoms with Crippen molar-refractivity contribution in [2.24, 2.45) is 5.92 Å². The first-order valence-corrected chi connectivity index (χ1v) is 15.9. The van der Waals surface area contributed by atoms with Crippen molar-refractivity contribution in [2.75, 3.05) is 23.0 Å². The average Bonchev–Trinajstić information content (AvgIpc) is 3.79. The number of aliphatic hydroxyl groups excluding tert-OH is 1. The molecule has 4 heterocycles. The highest BCUT2D eigenvalue weighted by Crippen LogP contribution is 2.55. The first-order valence-electron chi connectivity index (χ1n) is 15.9. The van der Waals surface area contributed by atoms with Crippen LogP contribution in [0.25, 0.3) is 10.8 Å². The third-order valence-electron chi connectivity index (χ3n) is 10.2. The monoisotopic (exact) mass is 601 g/mol. The summed E-state index contributed by atoms with van der Waals surface area (Å²) in [5.74, 6) is -0.503. The fourth-order valence-electron chi connectivity index (χ4n) is 8.08. The Morgan fingerprint density at radius 1 is 0.978 bits per heavy atom. The summed E-state index contributed by atoms with van der Waals surface area (Å²) >= 11 is 0. The van der Waals surface area contributed by atoms with Crippen LogP contribution in [0, 0.1) is 5.92 Å². The third-order valence-corrected chi connectivity index (χ3v) is 10.2. The van der Waals surface area contributed by atoms with Crippen LogP contribution in [0.15, 0.2) is 84.9 Å². The van der Waals surface area contributed by atoms with Crippen molar-refractivity contribution < 1.29 is 24.2 Å². The molecule has 1 N–H and O–H groups in total. The van der Waals surface area contributed by atoms with Crippen molar-refractivity contribution in [1.29, 1.82) is 0 Å². The summed E-state index contributed by atoms with van der Waals surface area (Å²) in [5.41, 5.74) is 3.36. The molecule has 3 amide bonds. The molecule has 4 atom stereocenters. The Bertz CT molecular complexity index is 1850. The quantitative estimate of drug-likeness (QED) is 0.308. The molecule has 45 heavy (non-hydrogen) atoms. The Kier molecular flexibility index (Phi) is 6.55. The molecule has 2 fully saturated rings. The minimum atomic E-state index is -1.28. The van der Waals surface area contributed by atoms with Crippen LogP contribution in [-0.2, 0) is 26.5 Å². The van der Waals surface area contributed by atoms with Crippen LogP contribution in [0.5, 0.6) is 0 Å². The van der Waals surface area contributed by atoms with Gasteiger partial charge in [-0.3, -0.25) is 19.3 Å². The van der Waals surface area contributed by atoms with Gasteiger partial charge in [0.1, 0.15) is 0 Å². The fraction of sp³-hybridized carbons (Fsp3) is 0.324. The van der Waals surface area contributed by atoms with Gasteiger partial charge in [0.05, 0.1) is 48.7 Å². The number of likely N-dealkylation sites (tertiary alicyclic amines) is 1. The van der Waals surface area contributed by atoms with Gasteiger partial charge in [-0.15, -0.1) is 0 Å². The van der Waals surface area contributed by atoms with E-state index in [2.05, 4.69) is 0 Å². The molecular weight excluding hydrogens is 566 g/mol. The number of hydrogen-bond acceptors (Lipinski definition) is 5. The normalized spacial score (nSPS) is 25.3. The number of rotatable bonds is 6. The molecule has 0 radical (unpaired) electrons. The van der Waals surface area contributed by atoms with Crippen LogP contribution >= 0.6 is 0 Å². The Balaban J connectivity index is 1.19. The van der Waals surface area contributed by atoms with Crippen LogP contribution in [0.1, 0.15) is 54.1 Å². The number of hydrogen-bond donors (Lipinski definition) is 1. The van der Waals surface area contributed by atoms with E-state index in [1.807, 2.05) is 91.9 Å². The van der Waals surface area contributed by atoms with E-state index in [0.29, 0.717) is 30.8 Å². The molecule has 4 aliphatic rings. The second kappa shape index (κ2) is 10.5. The summed E-state index contributed by atoms with van der Waals surface area (Å²) in [6, 6.07) is 27.2. The standard InChI is InChI=1S/C37H35N3O5/c1-23-18-28(20-33(42)38-17-7-12-27(38)22-41)45-37(23)30-19-26(15-16-31(30)39(36(37)44)21-24-8-3-2-4-9-24)40-32-14-6-11-25-10-5-13-29(34(25)32)35(40)43/h2-6,8-11,13-16,19,23,27-28,41H,7,12,17-18,20-22H2,1H3/t23-,27-,28-,37+/m0/s1. The average molecular weight is 602 g/mol. The molecule has 8 heteroatoms. The number of nitrogens with zero attached hydrogens (tertiary/aromatic N) is 3. The van der Waals surface area contributed by atoms with Gasteiger partial charge in [0.25, 0.3) is 11.8 Å². The number of amides is 3. The molecule has 2 saturated heterocycles. The topological polar surface area (TPSA) is 90.4 Å². The molecule has 4 aromatic rings. The van der Waals surface area contributed by atoms with E-state index >= 15 is 0 Å². The largest absolute Gasteiger partial charge is 0.394 e. The van der Waals surface area contributed by atoms with Gasteiger partial charge in [0.15, 0.2) is 5.60 Å². The SMILES string of the molecule is C[C@H]1C[C@@H](CC(=O)N2CCC[C@H]2CO)O[C@]12C(=O)N(Cc1ccccc1)c1ccc(N3C(=O)c4cccc5cccc3c45)cc12. The molecule has 0 unspecified atom stereocenters. The lowest BCUT2D eigenvalue weighted by atomic mass is 9.82. The Labute approximate surface area is 261 Å². The summed E-state index contributed by atoms with van der Waals surface area (Å²) in [5, 5.41) is 11.7. The molecule has 4 aromatic carbocycles. The zero-order valence-corrected chi connectivity index (χ0v) is 25.2. The van der Waals surface area contributed by atoms with Gasteiger partial charge in [-0.1, -0.05) is 61.5 Å². The summed E-state index contributed by atoms with van der Waals surface area (Å²) in [7, 11) is 0. The molecule has 0 aliphatic carbocycles. The van der Waals surface area contributed by atoms with Gasteiger partial charge in [0.2, 0.25) is 5.91 Å². The minimum absolute atomic E-state index is 0.0464. The predicted molar refractivity (Wildman–Crippen MR) is 171 cm³/mol. The van der Waals surface area contributed by atoms with Gasteiger partial charge in [-0.05, 0) is 60.5 Å². The molecular formula is C37H35N3O5. The van der Waals surface area contributed by atoms with E-state index in [4.69, 9.17) is 4.74 Å². The molecule has 0 aromatic heterocycles. The second-order valence-electron chi connectivity index (χ2n) is 12.8. The highest BCUT2D eigenvalue weighted by Gasteiger charge is 2.60. The van der Waals surface area contributed by atoms with E-state index in [0.717, 1.165) is 46.1 Å². The van der Waals surface area contributed by atoms with Gasteiger partial charge in [-0.25, -0.2) is 0 Å². The van der Waals surface area contributed by atoms with E-state index in [9.17, 15) is 19.5 Å². The van der Waals surface area contributed by atoms with Crippen LogP contribution in [0.2, 0.25) is 0 Å². The lowest BCUT2D eigenvalue weighted by Gasteiger charge is -2.29. The van der Waals surface area contributed by atoms with E-state index in [1.165, 1.54) is 0 Å². The smallest absolute Gasteiger partial charge is 0.264 e. The number of aliphatic hydroxyl groups is 1. The first kappa shape index (κ1) is 28.0. The fourth-order valence-corrected chi connectivity index (χ4v) is 8.08. The van der Waals surface area contributed by atoms with Gasteiger partial charge >= 0.3 is 0 Å². The molecule has 8 nitrogen and oxygen atoms in total. The van der Waals surface area contributed by atoms with Gasteiger partial charge in [-0.2, -0.15) is 0 Å². The van der Waals surface area contributed by atoms with E-state index in [1.54, 1.807) is 14.7 Å². The van der Waals surface area contributed by atoms with Crippen LogP contribution in [0.3, 0.4) is 0 Å². The van der Waals surface area contributed by atoms with Crippen molar-refractivity contribution in [3.8, 4) is 0 Å². The highest BCUT2D eigenvalue weighted by atomic mass is 16.5.